The first-order valence-corrected chi connectivity index (χ1v) is 7.16. The van der Waals surface area contributed by atoms with Crippen molar-refractivity contribution in [2.45, 2.75) is 13.8 Å². The van der Waals surface area contributed by atoms with Gasteiger partial charge in [0.25, 0.3) is 0 Å². The Morgan fingerprint density at radius 1 is 1.20 bits per heavy atom. The Bertz CT molecular complexity index is 155. The van der Waals surface area contributed by atoms with Crippen molar-refractivity contribution in [3.63, 3.8) is 0 Å². The quantitative estimate of drug-likeness (QED) is 0.456. The van der Waals surface area contributed by atoms with Crippen molar-refractivity contribution in [2.24, 2.45) is 0 Å². The van der Waals surface area contributed by atoms with Gasteiger partial charge in [-0.25, -0.2) is 12.1 Å². The molecule has 0 spiro atoms. The van der Waals surface area contributed by atoms with Crippen LogP contribution in [0.2, 0.25) is 0 Å². The van der Waals surface area contributed by atoms with Crippen LogP contribution >= 0.6 is 18.6 Å². The maximum atomic E-state index is 4.89. The predicted molar refractivity (Wildman–Crippen MR) is 43.2 cm³/mol. The second-order valence-corrected chi connectivity index (χ2v) is 4.62. The fraction of sp³-hybridized carbons (Fsp3) is 0.286. The Morgan fingerprint density at radius 3 is 1.60 bits per heavy atom. The van der Waals surface area contributed by atoms with Crippen molar-refractivity contribution < 1.29 is 17.0 Å². The topological polar surface area (TPSA) is 0 Å². The summed E-state index contributed by atoms with van der Waals surface area (Å²) in [7, 11) is 9.78. The summed E-state index contributed by atoms with van der Waals surface area (Å²) in [5, 5.41) is 0. The van der Waals surface area contributed by atoms with Gasteiger partial charge in [-0.2, -0.15) is 17.2 Å². The van der Waals surface area contributed by atoms with Gasteiger partial charge in [0.15, 0.2) is 0 Å². The van der Waals surface area contributed by atoms with Crippen LogP contribution in [0.15, 0.2) is 18.2 Å². The molecule has 0 aliphatic heterocycles. The minimum atomic E-state index is -0.556. The molecule has 0 aliphatic carbocycles. The van der Waals surface area contributed by atoms with Gasteiger partial charge < -0.3 is 0 Å². The van der Waals surface area contributed by atoms with Crippen LogP contribution in [-0.4, -0.2) is 0 Å². The Labute approximate surface area is 78.6 Å². The average molecular weight is 212 g/mol. The van der Waals surface area contributed by atoms with E-state index >= 15 is 0 Å². The molecule has 1 aromatic carbocycles. The van der Waals surface area contributed by atoms with Crippen LogP contribution in [0.5, 0.6) is 0 Å². The van der Waals surface area contributed by atoms with E-state index in [2.05, 4.69) is 32.0 Å². The molecule has 0 saturated heterocycles. The Kier molecular flexibility index (Phi) is 6.77. The second-order valence-electron chi connectivity index (χ2n) is 2.04. The Morgan fingerprint density at radius 2 is 1.50 bits per heavy atom. The van der Waals surface area contributed by atoms with Gasteiger partial charge in [0.05, 0.1) is 0 Å². The molecule has 0 saturated carbocycles. The van der Waals surface area contributed by atoms with Crippen LogP contribution < -0.4 is 0 Å². The number of hydrogen-bond donors (Lipinski definition) is 0. The molecule has 3 heteroatoms. The van der Waals surface area contributed by atoms with E-state index in [1.54, 1.807) is 0 Å². The summed E-state index contributed by atoms with van der Waals surface area (Å²) >= 11 is -0.556. The minimum absolute atomic E-state index is 0.556. The van der Waals surface area contributed by atoms with Gasteiger partial charge >= 0.3 is 35.6 Å². The van der Waals surface area contributed by atoms with Crippen LogP contribution in [0.4, 0.5) is 0 Å². The third-order valence-electron chi connectivity index (χ3n) is 1.06. The van der Waals surface area contributed by atoms with Gasteiger partial charge in [-0.15, -0.1) is 0 Å². The van der Waals surface area contributed by atoms with Gasteiger partial charge in [-0.05, 0) is 0 Å². The predicted octanol–water partition coefficient (Wildman–Crippen LogP) is 3.40. The standard InChI is InChI=1S/C7H9.2ClH.Ti/c1-6-3-4-7(2)5-6;;;/h3-5H,1-2H3;2*1H;/q-1;;;+2/p-2. The number of aryl methyl sites for hydroxylation is 2. The molecule has 0 nitrogen and oxygen atoms in total. The van der Waals surface area contributed by atoms with Gasteiger partial charge in [0.1, 0.15) is 0 Å². The van der Waals surface area contributed by atoms with Crippen molar-refractivity contribution in [3.05, 3.63) is 29.3 Å². The van der Waals surface area contributed by atoms with Crippen molar-refractivity contribution in [3.8, 4) is 0 Å². The summed E-state index contributed by atoms with van der Waals surface area (Å²) in [5.74, 6) is 0. The molecule has 0 heterocycles. The van der Waals surface area contributed by atoms with Gasteiger partial charge in [-0.3, -0.25) is 0 Å². The van der Waals surface area contributed by atoms with Gasteiger partial charge in [-0.1, -0.05) is 13.8 Å². The summed E-state index contributed by atoms with van der Waals surface area (Å²) < 4.78 is 0. The van der Waals surface area contributed by atoms with Crippen LogP contribution in [0.1, 0.15) is 11.1 Å². The first-order chi connectivity index (χ1) is 4.70. The second kappa shape index (κ2) is 6.36. The normalized spacial score (nSPS) is 8.00. The molecule has 0 bridgehead atoms. The zero-order valence-corrected chi connectivity index (χ0v) is 9.06. The monoisotopic (exact) mass is 211 g/mol. The fourth-order valence-electron chi connectivity index (χ4n) is 0.718. The van der Waals surface area contributed by atoms with E-state index in [9.17, 15) is 0 Å². The summed E-state index contributed by atoms with van der Waals surface area (Å²) in [6, 6.07) is 6.41. The van der Waals surface area contributed by atoms with E-state index < -0.39 is 17.0 Å². The van der Waals surface area contributed by atoms with E-state index in [-0.39, 0.29) is 0 Å². The number of halogens is 2. The fourth-order valence-corrected chi connectivity index (χ4v) is 0.718. The maximum absolute atomic E-state index is 4.89. The number of rotatable bonds is 0. The molecule has 0 N–H and O–H groups in total. The molecular weight excluding hydrogens is 203 g/mol. The zero-order valence-electron chi connectivity index (χ0n) is 5.99. The molecule has 0 amide bonds. The van der Waals surface area contributed by atoms with Gasteiger partial charge in [0.2, 0.25) is 0 Å². The van der Waals surface area contributed by atoms with Crippen molar-refractivity contribution in [1.82, 2.24) is 0 Å². The van der Waals surface area contributed by atoms with Gasteiger partial charge in [0, 0.05) is 0 Å². The van der Waals surface area contributed by atoms with E-state index in [1.807, 2.05) is 0 Å². The van der Waals surface area contributed by atoms with E-state index in [4.69, 9.17) is 18.6 Å². The molecule has 0 atom stereocenters. The van der Waals surface area contributed by atoms with Crippen molar-refractivity contribution >= 4 is 18.6 Å². The molecule has 0 aromatic heterocycles. The zero-order chi connectivity index (χ0) is 7.98. The molecule has 1 rings (SSSR count). The Balaban J connectivity index is 0.000000236. The molecular formula is C7H9Cl2Ti-. The molecule has 0 radical (unpaired) electrons. The van der Waals surface area contributed by atoms with E-state index in [0.29, 0.717) is 0 Å². The first-order valence-electron chi connectivity index (χ1n) is 2.87. The first kappa shape index (κ1) is 10.6. The van der Waals surface area contributed by atoms with Crippen LogP contribution in [-0.2, 0) is 17.0 Å². The third kappa shape index (κ3) is 5.43. The van der Waals surface area contributed by atoms with Crippen molar-refractivity contribution in [1.29, 1.82) is 0 Å². The van der Waals surface area contributed by atoms with Crippen LogP contribution in [0, 0.1) is 13.8 Å². The summed E-state index contributed by atoms with van der Waals surface area (Å²) in [6.45, 7) is 4.21. The third-order valence-corrected chi connectivity index (χ3v) is 1.06. The molecule has 1 aromatic rings. The molecule has 0 fully saturated rings. The van der Waals surface area contributed by atoms with E-state index in [1.165, 1.54) is 11.1 Å². The van der Waals surface area contributed by atoms with Crippen LogP contribution in [0.25, 0.3) is 0 Å². The van der Waals surface area contributed by atoms with Crippen LogP contribution in [0.3, 0.4) is 0 Å². The summed E-state index contributed by atoms with van der Waals surface area (Å²) in [5.41, 5.74) is 2.72. The molecule has 10 heavy (non-hydrogen) atoms. The SMILES string of the molecule is Cc1ccc(C)[cH-]1.[Cl][Ti][Cl]. The number of hydrogen-bond acceptors (Lipinski definition) is 0. The summed E-state index contributed by atoms with van der Waals surface area (Å²) in [6.07, 6.45) is 0. The molecule has 0 aliphatic rings. The summed E-state index contributed by atoms with van der Waals surface area (Å²) in [4.78, 5) is 0. The van der Waals surface area contributed by atoms with Crippen molar-refractivity contribution in [2.75, 3.05) is 0 Å². The Hall–Kier alpha value is 0.644. The molecule has 56 valence electrons. The average Bonchev–Trinajstić information content (AvgIpc) is 2.17. The van der Waals surface area contributed by atoms with E-state index in [0.717, 1.165) is 0 Å². The molecule has 0 unspecified atom stereocenters.